The highest BCUT2D eigenvalue weighted by atomic mass is 16.5. The summed E-state index contributed by atoms with van der Waals surface area (Å²) in [5, 5.41) is 0. The molecule has 1 aliphatic rings. The van der Waals surface area contributed by atoms with E-state index in [1.54, 1.807) is 25.3 Å². The third-order valence-corrected chi connectivity index (χ3v) is 4.85. The summed E-state index contributed by atoms with van der Waals surface area (Å²) >= 11 is 0. The number of imidazole rings is 1. The summed E-state index contributed by atoms with van der Waals surface area (Å²) in [4.78, 5) is 24.2. The summed E-state index contributed by atoms with van der Waals surface area (Å²) in [6.45, 7) is 1.61. The van der Waals surface area contributed by atoms with Crippen LogP contribution in [0.4, 0.5) is 0 Å². The maximum atomic E-state index is 12.7. The first kappa shape index (κ1) is 18.4. The summed E-state index contributed by atoms with van der Waals surface area (Å²) in [5.41, 5.74) is 1.04. The van der Waals surface area contributed by atoms with Crippen LogP contribution in [0.5, 0.6) is 5.75 Å². The van der Waals surface area contributed by atoms with Crippen LogP contribution in [0.25, 0.3) is 0 Å². The summed E-state index contributed by atoms with van der Waals surface area (Å²) in [7, 11) is 5.18. The number of aromatic nitrogens is 2. The van der Waals surface area contributed by atoms with Crippen LogP contribution in [0, 0.1) is 0 Å². The molecule has 1 aliphatic heterocycles. The maximum absolute atomic E-state index is 12.7. The predicted octanol–water partition coefficient (Wildman–Crippen LogP) is 1.84. The molecule has 3 rings (SSSR count). The van der Waals surface area contributed by atoms with Gasteiger partial charge in [0.1, 0.15) is 11.6 Å². The Hall–Kier alpha value is -2.38. The van der Waals surface area contributed by atoms with Gasteiger partial charge in [0.05, 0.1) is 25.8 Å². The Morgan fingerprint density at radius 1 is 1.42 bits per heavy atom. The van der Waals surface area contributed by atoms with E-state index in [1.165, 1.54) is 0 Å². The highest BCUT2D eigenvalue weighted by Crippen LogP contribution is 2.31. The topological polar surface area (TPSA) is 70.7 Å². The lowest BCUT2D eigenvalue weighted by atomic mass is 10.2. The lowest BCUT2D eigenvalue weighted by Crippen LogP contribution is -2.38. The smallest absolute Gasteiger partial charge is 0.236 e. The van der Waals surface area contributed by atoms with Gasteiger partial charge in [0, 0.05) is 39.6 Å². The Labute approximate surface area is 153 Å². The quantitative estimate of drug-likeness (QED) is 0.818. The van der Waals surface area contributed by atoms with Crippen LogP contribution >= 0.6 is 0 Å². The van der Waals surface area contributed by atoms with E-state index >= 15 is 0 Å². The van der Waals surface area contributed by atoms with Gasteiger partial charge in [-0.05, 0) is 24.1 Å². The number of likely N-dealkylation sites (tertiary alicyclic amines) is 1. The van der Waals surface area contributed by atoms with Crippen molar-refractivity contribution in [3.63, 3.8) is 0 Å². The number of hydrogen-bond donors (Lipinski definition) is 1. The number of carbonyl (C=O) groups is 1. The molecular weight excluding hydrogens is 332 g/mol. The Morgan fingerprint density at radius 2 is 2.27 bits per heavy atom. The Kier molecular flexibility index (Phi) is 5.90. The fourth-order valence-electron chi connectivity index (χ4n) is 3.38. The van der Waals surface area contributed by atoms with E-state index in [2.05, 4.69) is 14.9 Å². The molecule has 2 heterocycles. The molecule has 1 aromatic heterocycles. The third kappa shape index (κ3) is 4.23. The molecule has 1 N–H and O–H groups in total. The van der Waals surface area contributed by atoms with Crippen molar-refractivity contribution in [2.24, 2.45) is 0 Å². The molecule has 1 amide bonds. The van der Waals surface area contributed by atoms with Crippen LogP contribution in [0.1, 0.15) is 23.9 Å². The lowest BCUT2D eigenvalue weighted by Gasteiger charge is -2.25. The first-order chi connectivity index (χ1) is 12.6. The first-order valence-electron chi connectivity index (χ1n) is 8.73. The standard InChI is InChI=1S/C19H26N4O3/c1-22(11-14-5-4-6-15(9-14)25-2)18(24)13-23-12-16(26-3)10-17(23)19-20-7-8-21-19/h4-9,16-17H,10-13H2,1-3H3,(H,20,21)/t16-,17?/m1/s1. The minimum Gasteiger partial charge on any atom is -0.497 e. The zero-order valence-electron chi connectivity index (χ0n) is 15.5. The molecule has 0 saturated carbocycles. The van der Waals surface area contributed by atoms with Crippen molar-refractivity contribution in [2.45, 2.75) is 25.1 Å². The Balaban J connectivity index is 1.63. The van der Waals surface area contributed by atoms with Gasteiger partial charge in [-0.15, -0.1) is 0 Å². The lowest BCUT2D eigenvalue weighted by molar-refractivity contribution is -0.132. The summed E-state index contributed by atoms with van der Waals surface area (Å²) in [5.74, 6) is 1.75. The molecule has 1 aromatic carbocycles. The van der Waals surface area contributed by atoms with Crippen molar-refractivity contribution in [1.82, 2.24) is 19.8 Å². The summed E-state index contributed by atoms with van der Waals surface area (Å²) < 4.78 is 10.8. The molecule has 2 aromatic rings. The number of aromatic amines is 1. The molecule has 7 heteroatoms. The molecule has 0 radical (unpaired) electrons. The monoisotopic (exact) mass is 358 g/mol. The van der Waals surface area contributed by atoms with E-state index in [0.29, 0.717) is 13.1 Å². The number of nitrogens with one attached hydrogen (secondary N) is 1. The van der Waals surface area contributed by atoms with Crippen molar-refractivity contribution in [3.8, 4) is 5.75 Å². The summed E-state index contributed by atoms with van der Waals surface area (Å²) in [6, 6.07) is 7.85. The predicted molar refractivity (Wildman–Crippen MR) is 97.8 cm³/mol. The maximum Gasteiger partial charge on any atom is 0.236 e. The SMILES string of the molecule is COc1cccc(CN(C)C(=O)CN2C[C@H](OC)CC2c2ncc[nH]2)c1. The fraction of sp³-hybridized carbons (Fsp3) is 0.474. The summed E-state index contributed by atoms with van der Waals surface area (Å²) in [6.07, 6.45) is 4.49. The molecule has 7 nitrogen and oxygen atoms in total. The van der Waals surface area contributed by atoms with Crippen molar-refractivity contribution in [1.29, 1.82) is 0 Å². The average molecular weight is 358 g/mol. The second-order valence-corrected chi connectivity index (χ2v) is 6.61. The van der Waals surface area contributed by atoms with E-state index in [9.17, 15) is 4.79 Å². The Bertz CT molecular complexity index is 719. The minimum absolute atomic E-state index is 0.0705. The van der Waals surface area contributed by atoms with Gasteiger partial charge in [0.15, 0.2) is 0 Å². The Morgan fingerprint density at radius 3 is 2.96 bits per heavy atom. The fourth-order valence-corrected chi connectivity index (χ4v) is 3.38. The number of carbonyl (C=O) groups excluding carboxylic acids is 1. The van der Waals surface area contributed by atoms with E-state index in [0.717, 1.165) is 30.1 Å². The van der Waals surface area contributed by atoms with Gasteiger partial charge < -0.3 is 19.4 Å². The van der Waals surface area contributed by atoms with Crippen LogP contribution < -0.4 is 4.74 Å². The molecule has 1 unspecified atom stereocenters. The van der Waals surface area contributed by atoms with Crippen LogP contribution in [0.15, 0.2) is 36.7 Å². The normalized spacial score (nSPS) is 20.3. The zero-order valence-corrected chi connectivity index (χ0v) is 15.5. The van der Waals surface area contributed by atoms with E-state index in [1.807, 2.05) is 37.5 Å². The van der Waals surface area contributed by atoms with Crippen molar-refractivity contribution >= 4 is 5.91 Å². The molecule has 0 aliphatic carbocycles. The van der Waals surface area contributed by atoms with Crippen LogP contribution in [-0.4, -0.2) is 66.1 Å². The van der Waals surface area contributed by atoms with Crippen LogP contribution in [0.3, 0.4) is 0 Å². The number of nitrogens with zero attached hydrogens (tertiary/aromatic N) is 3. The molecule has 0 bridgehead atoms. The number of hydrogen-bond acceptors (Lipinski definition) is 5. The number of ether oxygens (including phenoxy) is 2. The molecular formula is C19H26N4O3. The average Bonchev–Trinajstić information content (AvgIpc) is 3.31. The zero-order chi connectivity index (χ0) is 18.5. The number of likely N-dealkylation sites (N-methyl/N-ethyl adjacent to an activating group) is 1. The van der Waals surface area contributed by atoms with E-state index in [-0.39, 0.29) is 18.1 Å². The molecule has 26 heavy (non-hydrogen) atoms. The van der Waals surface area contributed by atoms with Gasteiger partial charge in [-0.3, -0.25) is 9.69 Å². The largest absolute Gasteiger partial charge is 0.497 e. The third-order valence-electron chi connectivity index (χ3n) is 4.85. The molecule has 0 spiro atoms. The van der Waals surface area contributed by atoms with Crippen molar-refractivity contribution in [3.05, 3.63) is 48.0 Å². The second kappa shape index (κ2) is 8.33. The van der Waals surface area contributed by atoms with Gasteiger partial charge >= 0.3 is 0 Å². The van der Waals surface area contributed by atoms with Crippen molar-refractivity contribution in [2.75, 3.05) is 34.4 Å². The number of H-pyrrole nitrogens is 1. The highest BCUT2D eigenvalue weighted by molar-refractivity contribution is 5.78. The first-order valence-corrected chi connectivity index (χ1v) is 8.73. The minimum atomic E-state index is 0.0705. The van der Waals surface area contributed by atoms with Gasteiger partial charge in [0.25, 0.3) is 0 Å². The van der Waals surface area contributed by atoms with Crippen LogP contribution in [0.2, 0.25) is 0 Å². The number of amides is 1. The second-order valence-electron chi connectivity index (χ2n) is 6.61. The van der Waals surface area contributed by atoms with Gasteiger partial charge in [-0.2, -0.15) is 0 Å². The molecule has 140 valence electrons. The molecule has 1 fully saturated rings. The highest BCUT2D eigenvalue weighted by Gasteiger charge is 2.36. The molecule has 1 saturated heterocycles. The van der Waals surface area contributed by atoms with Gasteiger partial charge in [-0.25, -0.2) is 4.98 Å². The van der Waals surface area contributed by atoms with E-state index in [4.69, 9.17) is 9.47 Å². The number of rotatable bonds is 7. The number of benzene rings is 1. The van der Waals surface area contributed by atoms with Gasteiger partial charge in [0.2, 0.25) is 5.91 Å². The molecule has 2 atom stereocenters. The number of methoxy groups -OCH3 is 2. The van der Waals surface area contributed by atoms with E-state index < -0.39 is 0 Å². The van der Waals surface area contributed by atoms with Crippen molar-refractivity contribution < 1.29 is 14.3 Å². The van der Waals surface area contributed by atoms with Crippen LogP contribution in [-0.2, 0) is 16.1 Å². The van der Waals surface area contributed by atoms with Gasteiger partial charge in [-0.1, -0.05) is 12.1 Å².